The second kappa shape index (κ2) is 8.09. The summed E-state index contributed by atoms with van der Waals surface area (Å²) in [6.45, 7) is 3.43. The van der Waals surface area contributed by atoms with Crippen LogP contribution in [0.25, 0.3) is 0 Å². The van der Waals surface area contributed by atoms with E-state index in [0.29, 0.717) is 21.7 Å². The molecular weight excluding hydrogens is 383 g/mol. The second-order valence-corrected chi connectivity index (χ2v) is 8.21. The lowest BCUT2D eigenvalue weighted by molar-refractivity contribution is -0.917. The number of halogens is 2. The minimum Gasteiger partial charge on any atom is -0.484 e. The van der Waals surface area contributed by atoms with Gasteiger partial charge in [-0.1, -0.05) is 23.2 Å². The lowest BCUT2D eigenvalue weighted by Gasteiger charge is -2.46. The van der Waals surface area contributed by atoms with Crippen molar-refractivity contribution in [2.75, 3.05) is 31.1 Å². The largest absolute Gasteiger partial charge is 0.484 e. The lowest BCUT2D eigenvalue weighted by atomic mass is 9.83. The maximum atomic E-state index is 13.2. The van der Waals surface area contributed by atoms with Crippen LogP contribution >= 0.6 is 23.2 Å². The van der Waals surface area contributed by atoms with Gasteiger partial charge in [-0.05, 0) is 54.4 Å². The first-order valence-electron chi connectivity index (χ1n) is 9.40. The highest BCUT2D eigenvalue weighted by atomic mass is 35.5. The van der Waals surface area contributed by atoms with E-state index in [9.17, 15) is 4.79 Å². The third-order valence-electron chi connectivity index (χ3n) is 5.66. The van der Waals surface area contributed by atoms with E-state index in [2.05, 4.69) is 0 Å². The van der Waals surface area contributed by atoms with Crippen molar-refractivity contribution < 1.29 is 14.4 Å². The fourth-order valence-corrected chi connectivity index (χ4v) is 4.52. The van der Waals surface area contributed by atoms with Crippen LogP contribution in [0.3, 0.4) is 0 Å². The Morgan fingerprint density at radius 3 is 2.15 bits per heavy atom. The second-order valence-electron chi connectivity index (χ2n) is 7.34. The third kappa shape index (κ3) is 4.23. The number of nitrogens with one attached hydrogen (secondary N) is 1. The summed E-state index contributed by atoms with van der Waals surface area (Å²) in [7, 11) is 0. The van der Waals surface area contributed by atoms with Gasteiger partial charge in [0.15, 0.2) is 6.61 Å². The van der Waals surface area contributed by atoms with E-state index in [4.69, 9.17) is 27.9 Å². The number of rotatable bonds is 5. The molecule has 0 unspecified atom stereocenters. The third-order valence-corrected chi connectivity index (χ3v) is 6.16. The van der Waals surface area contributed by atoms with Gasteiger partial charge >= 0.3 is 0 Å². The maximum absolute atomic E-state index is 13.2. The summed E-state index contributed by atoms with van der Waals surface area (Å²) in [4.78, 5) is 16.7. The quantitative estimate of drug-likeness (QED) is 0.828. The fourth-order valence-electron chi connectivity index (χ4n) is 4.27. The van der Waals surface area contributed by atoms with E-state index in [0.717, 1.165) is 12.2 Å². The van der Waals surface area contributed by atoms with Crippen LogP contribution in [0, 0.1) is 5.92 Å². The molecule has 3 fully saturated rings. The zero-order valence-electron chi connectivity index (χ0n) is 15.0. The molecular formula is C21H23Cl2N2O2+. The number of ether oxygens (including phenoxy) is 1. The number of fused-ring (bicyclic) bond motifs is 3. The van der Waals surface area contributed by atoms with Crippen molar-refractivity contribution in [3.8, 4) is 5.75 Å². The van der Waals surface area contributed by atoms with Crippen LogP contribution in [0.2, 0.25) is 10.0 Å². The number of amides is 1. The van der Waals surface area contributed by atoms with Gasteiger partial charge in [0, 0.05) is 28.6 Å². The molecule has 1 amide bonds. The van der Waals surface area contributed by atoms with Gasteiger partial charge in [-0.3, -0.25) is 4.79 Å². The maximum Gasteiger partial charge on any atom is 0.265 e. The number of hydrogen-bond acceptors (Lipinski definition) is 2. The van der Waals surface area contributed by atoms with Crippen LogP contribution in [0.1, 0.15) is 12.8 Å². The first kappa shape index (κ1) is 18.6. The predicted octanol–water partition coefficient (Wildman–Crippen LogP) is 3.08. The Morgan fingerprint density at radius 1 is 1.00 bits per heavy atom. The smallest absolute Gasteiger partial charge is 0.265 e. The molecule has 0 aromatic heterocycles. The molecule has 4 nitrogen and oxygen atoms in total. The molecule has 1 N–H and O–H groups in total. The SMILES string of the molecule is O=C(COc1ccc(Cl)cc1)N(c1ccc(Cl)cc1)[C@@H]1C[NH+]2CCC1CC2. The number of quaternary nitrogens is 1. The fraction of sp³-hybridized carbons (Fsp3) is 0.381. The summed E-state index contributed by atoms with van der Waals surface area (Å²) in [5.74, 6) is 1.17. The zero-order valence-corrected chi connectivity index (χ0v) is 16.5. The van der Waals surface area contributed by atoms with Gasteiger partial charge in [0.1, 0.15) is 5.75 Å². The molecule has 3 aliphatic rings. The highest BCUT2D eigenvalue weighted by Gasteiger charge is 2.42. The summed E-state index contributed by atoms with van der Waals surface area (Å²) < 4.78 is 5.74. The van der Waals surface area contributed by atoms with E-state index < -0.39 is 0 Å². The number of carbonyl (C=O) groups is 1. The lowest BCUT2D eigenvalue weighted by Crippen LogP contribution is -3.17. The molecule has 6 heteroatoms. The standard InChI is InChI=1S/C21H22Cl2N2O2/c22-16-1-5-18(6-2-16)25(20-13-24-11-9-15(20)10-12-24)21(26)14-27-19-7-3-17(23)4-8-19/h1-8,15,20H,9-14H2/p+1/t20-/m1/s1. The van der Waals surface area contributed by atoms with Gasteiger partial charge in [-0.15, -0.1) is 0 Å². The molecule has 3 heterocycles. The van der Waals surface area contributed by atoms with Crippen LogP contribution in [0.5, 0.6) is 5.75 Å². The van der Waals surface area contributed by atoms with E-state index in [-0.39, 0.29) is 18.6 Å². The van der Waals surface area contributed by atoms with Crippen molar-refractivity contribution in [1.29, 1.82) is 0 Å². The van der Waals surface area contributed by atoms with Crippen molar-refractivity contribution in [3.05, 3.63) is 58.6 Å². The molecule has 0 aliphatic carbocycles. The molecule has 142 valence electrons. The van der Waals surface area contributed by atoms with E-state index in [1.54, 1.807) is 29.2 Å². The summed E-state index contributed by atoms with van der Waals surface area (Å²) >= 11 is 12.0. The van der Waals surface area contributed by atoms with Crippen molar-refractivity contribution in [2.24, 2.45) is 5.92 Å². The summed E-state index contributed by atoms with van der Waals surface area (Å²) in [6.07, 6.45) is 2.35. The summed E-state index contributed by atoms with van der Waals surface area (Å²) in [5.41, 5.74) is 0.891. The van der Waals surface area contributed by atoms with Crippen molar-refractivity contribution >= 4 is 34.8 Å². The predicted molar refractivity (Wildman–Crippen MR) is 108 cm³/mol. The monoisotopic (exact) mass is 405 g/mol. The highest BCUT2D eigenvalue weighted by Crippen LogP contribution is 2.29. The normalized spacial score (nSPS) is 23.9. The van der Waals surface area contributed by atoms with Gasteiger partial charge in [-0.25, -0.2) is 0 Å². The Kier molecular flexibility index (Phi) is 5.58. The molecule has 3 saturated heterocycles. The van der Waals surface area contributed by atoms with Crippen LogP contribution in [-0.2, 0) is 4.79 Å². The summed E-state index contributed by atoms with van der Waals surface area (Å²) in [6, 6.07) is 14.8. The van der Waals surface area contributed by atoms with Crippen LogP contribution in [0.15, 0.2) is 48.5 Å². The Morgan fingerprint density at radius 2 is 1.59 bits per heavy atom. The molecule has 0 radical (unpaired) electrons. The van der Waals surface area contributed by atoms with Crippen LogP contribution in [0.4, 0.5) is 5.69 Å². The van der Waals surface area contributed by atoms with Gasteiger partial charge in [0.05, 0.1) is 25.7 Å². The van der Waals surface area contributed by atoms with Crippen molar-refractivity contribution in [3.63, 3.8) is 0 Å². The summed E-state index contributed by atoms with van der Waals surface area (Å²) in [5, 5.41) is 1.31. The van der Waals surface area contributed by atoms with E-state index in [1.807, 2.05) is 29.2 Å². The highest BCUT2D eigenvalue weighted by molar-refractivity contribution is 6.30. The molecule has 0 saturated carbocycles. The number of benzene rings is 2. The van der Waals surface area contributed by atoms with Gasteiger partial charge in [-0.2, -0.15) is 0 Å². The molecule has 27 heavy (non-hydrogen) atoms. The Balaban J connectivity index is 1.54. The first-order chi connectivity index (χ1) is 13.1. The minimum atomic E-state index is -0.0228. The number of piperidine rings is 3. The Hall–Kier alpha value is -1.75. The average Bonchev–Trinajstić information content (AvgIpc) is 2.70. The van der Waals surface area contributed by atoms with Crippen LogP contribution < -0.4 is 14.5 Å². The van der Waals surface area contributed by atoms with Gasteiger partial charge < -0.3 is 14.5 Å². The molecule has 2 aromatic rings. The minimum absolute atomic E-state index is 0.00279. The molecule has 5 rings (SSSR count). The topological polar surface area (TPSA) is 34.0 Å². The average molecular weight is 406 g/mol. The van der Waals surface area contributed by atoms with Crippen molar-refractivity contribution in [1.82, 2.24) is 0 Å². The number of nitrogens with zero attached hydrogens (tertiary/aromatic N) is 1. The van der Waals surface area contributed by atoms with Gasteiger partial charge in [0.2, 0.25) is 0 Å². The molecule has 2 bridgehead atoms. The number of hydrogen-bond donors (Lipinski definition) is 1. The number of anilines is 1. The Bertz CT molecular complexity index is 787. The molecule has 3 aliphatic heterocycles. The van der Waals surface area contributed by atoms with Crippen LogP contribution in [-0.4, -0.2) is 38.2 Å². The van der Waals surface area contributed by atoms with E-state index >= 15 is 0 Å². The van der Waals surface area contributed by atoms with Gasteiger partial charge in [0.25, 0.3) is 5.91 Å². The molecule has 0 spiro atoms. The Labute approximate surface area is 169 Å². The molecule has 2 aromatic carbocycles. The first-order valence-corrected chi connectivity index (χ1v) is 10.2. The zero-order chi connectivity index (χ0) is 18.8. The van der Waals surface area contributed by atoms with Crippen molar-refractivity contribution in [2.45, 2.75) is 18.9 Å². The number of carbonyl (C=O) groups excluding carboxylic acids is 1. The van der Waals surface area contributed by atoms with E-state index in [1.165, 1.54) is 25.9 Å². The molecule has 1 atom stereocenters.